The normalized spacial score (nSPS) is 23.3. The van der Waals surface area contributed by atoms with Crippen molar-refractivity contribution in [3.63, 3.8) is 0 Å². The van der Waals surface area contributed by atoms with Gasteiger partial charge in [-0.25, -0.2) is 0 Å². The maximum atomic E-state index is 11.9. The molecule has 3 nitrogen and oxygen atoms in total. The van der Waals surface area contributed by atoms with E-state index in [1.54, 1.807) is 0 Å². The van der Waals surface area contributed by atoms with Crippen molar-refractivity contribution in [2.24, 2.45) is 5.92 Å². The lowest BCUT2D eigenvalue weighted by atomic mass is 9.88. The third-order valence-electron chi connectivity index (χ3n) is 4.43. The topological polar surface area (TPSA) is 32.3 Å². The van der Waals surface area contributed by atoms with E-state index < -0.39 is 0 Å². The Bertz CT molecular complexity index is 478. The van der Waals surface area contributed by atoms with Gasteiger partial charge in [-0.3, -0.25) is 4.79 Å². The van der Waals surface area contributed by atoms with Crippen LogP contribution in [0.4, 0.5) is 5.69 Å². The standard InChI is InChI=1S/C16H22N2O/c1-18-15(19)8-7-13-5-2-6-14(16(13)18)10-12-4-3-9-17-11-12/h2,5-6,12,17H,3-4,7-11H2,1H3. The highest BCUT2D eigenvalue weighted by Crippen LogP contribution is 2.32. The van der Waals surface area contributed by atoms with Crippen LogP contribution in [0.2, 0.25) is 0 Å². The second-order valence-electron chi connectivity index (χ2n) is 5.79. The van der Waals surface area contributed by atoms with E-state index in [9.17, 15) is 4.79 Å². The van der Waals surface area contributed by atoms with Crippen LogP contribution in [0.1, 0.15) is 30.4 Å². The van der Waals surface area contributed by atoms with Gasteiger partial charge >= 0.3 is 0 Å². The smallest absolute Gasteiger partial charge is 0.227 e. The SMILES string of the molecule is CN1C(=O)CCc2cccc(CC3CCCNC3)c21. The fourth-order valence-electron chi connectivity index (χ4n) is 3.39. The number of para-hydroxylation sites is 1. The molecule has 0 aromatic heterocycles. The molecule has 0 bridgehead atoms. The number of hydrogen-bond donors (Lipinski definition) is 1. The van der Waals surface area contributed by atoms with E-state index in [4.69, 9.17) is 0 Å². The summed E-state index contributed by atoms with van der Waals surface area (Å²) in [6, 6.07) is 6.51. The maximum Gasteiger partial charge on any atom is 0.227 e. The van der Waals surface area contributed by atoms with Crippen molar-refractivity contribution in [1.29, 1.82) is 0 Å². The first-order chi connectivity index (χ1) is 9.25. The van der Waals surface area contributed by atoms with Gasteiger partial charge in [-0.05, 0) is 55.8 Å². The van der Waals surface area contributed by atoms with Crippen LogP contribution < -0.4 is 10.2 Å². The summed E-state index contributed by atoms with van der Waals surface area (Å²) < 4.78 is 0. The number of amides is 1. The minimum absolute atomic E-state index is 0.252. The number of nitrogens with zero attached hydrogens (tertiary/aromatic N) is 1. The highest BCUT2D eigenvalue weighted by atomic mass is 16.2. The molecular formula is C16H22N2O. The Morgan fingerprint density at radius 2 is 2.26 bits per heavy atom. The van der Waals surface area contributed by atoms with Crippen LogP contribution >= 0.6 is 0 Å². The second kappa shape index (κ2) is 5.33. The number of carbonyl (C=O) groups excluding carboxylic acids is 1. The second-order valence-corrected chi connectivity index (χ2v) is 5.79. The highest BCUT2D eigenvalue weighted by molar-refractivity contribution is 5.96. The lowest BCUT2D eigenvalue weighted by Crippen LogP contribution is -2.34. The van der Waals surface area contributed by atoms with Gasteiger partial charge in [-0.15, -0.1) is 0 Å². The van der Waals surface area contributed by atoms with Gasteiger partial charge in [0.1, 0.15) is 0 Å². The van der Waals surface area contributed by atoms with Crippen molar-refractivity contribution in [2.75, 3.05) is 25.0 Å². The van der Waals surface area contributed by atoms with Gasteiger partial charge in [0.2, 0.25) is 5.91 Å². The number of rotatable bonds is 2. The molecule has 0 spiro atoms. The van der Waals surface area contributed by atoms with Crippen molar-refractivity contribution in [3.05, 3.63) is 29.3 Å². The zero-order chi connectivity index (χ0) is 13.2. The molecule has 3 heteroatoms. The van der Waals surface area contributed by atoms with Gasteiger partial charge in [0.15, 0.2) is 0 Å². The Morgan fingerprint density at radius 3 is 3.05 bits per heavy atom. The summed E-state index contributed by atoms with van der Waals surface area (Å²) >= 11 is 0. The molecule has 1 aromatic carbocycles. The molecule has 2 aliphatic rings. The minimum atomic E-state index is 0.252. The van der Waals surface area contributed by atoms with Gasteiger partial charge in [0.05, 0.1) is 0 Å². The largest absolute Gasteiger partial charge is 0.316 e. The van der Waals surface area contributed by atoms with Gasteiger partial charge in [0.25, 0.3) is 0 Å². The molecule has 2 aliphatic heterocycles. The van der Waals surface area contributed by atoms with Crippen LogP contribution in [0.15, 0.2) is 18.2 Å². The van der Waals surface area contributed by atoms with Crippen LogP contribution in [0.25, 0.3) is 0 Å². The summed E-state index contributed by atoms with van der Waals surface area (Å²) in [4.78, 5) is 13.8. The van der Waals surface area contributed by atoms with Crippen LogP contribution in [0, 0.1) is 5.92 Å². The van der Waals surface area contributed by atoms with E-state index >= 15 is 0 Å². The van der Waals surface area contributed by atoms with Crippen molar-refractivity contribution in [1.82, 2.24) is 5.32 Å². The van der Waals surface area contributed by atoms with E-state index in [0.717, 1.165) is 25.9 Å². The Morgan fingerprint density at radius 1 is 1.37 bits per heavy atom. The first-order valence-electron chi connectivity index (χ1n) is 7.34. The number of anilines is 1. The van der Waals surface area contributed by atoms with Gasteiger partial charge in [-0.2, -0.15) is 0 Å². The molecule has 1 amide bonds. The first kappa shape index (κ1) is 12.7. The summed E-state index contributed by atoms with van der Waals surface area (Å²) in [6.07, 6.45) is 5.21. The lowest BCUT2D eigenvalue weighted by Gasteiger charge is -2.30. The molecule has 3 rings (SSSR count). The zero-order valence-electron chi connectivity index (χ0n) is 11.6. The molecule has 19 heavy (non-hydrogen) atoms. The van der Waals surface area contributed by atoms with E-state index in [0.29, 0.717) is 12.3 Å². The molecule has 102 valence electrons. The minimum Gasteiger partial charge on any atom is -0.316 e. The zero-order valence-corrected chi connectivity index (χ0v) is 11.6. The third-order valence-corrected chi connectivity index (χ3v) is 4.43. The summed E-state index contributed by atoms with van der Waals surface area (Å²) in [5, 5.41) is 3.47. The molecule has 1 unspecified atom stereocenters. The Balaban J connectivity index is 1.87. The average Bonchev–Trinajstić information content (AvgIpc) is 2.44. The van der Waals surface area contributed by atoms with Gasteiger partial charge in [0, 0.05) is 19.2 Å². The van der Waals surface area contributed by atoms with E-state index in [-0.39, 0.29) is 5.91 Å². The molecule has 1 N–H and O–H groups in total. The monoisotopic (exact) mass is 258 g/mol. The quantitative estimate of drug-likeness (QED) is 0.881. The summed E-state index contributed by atoms with van der Waals surface area (Å²) in [7, 11) is 1.92. The molecule has 0 radical (unpaired) electrons. The number of fused-ring (bicyclic) bond motifs is 1. The third kappa shape index (κ3) is 2.52. The van der Waals surface area contributed by atoms with Crippen LogP contribution in [-0.4, -0.2) is 26.0 Å². The molecule has 0 aliphatic carbocycles. The van der Waals surface area contributed by atoms with Gasteiger partial charge in [-0.1, -0.05) is 18.2 Å². The van der Waals surface area contributed by atoms with Crippen LogP contribution in [-0.2, 0) is 17.6 Å². The molecular weight excluding hydrogens is 236 g/mol. The van der Waals surface area contributed by atoms with E-state index in [1.165, 1.54) is 29.7 Å². The Labute approximate surface area is 115 Å². The maximum absolute atomic E-state index is 11.9. The predicted molar refractivity (Wildman–Crippen MR) is 77.5 cm³/mol. The Kier molecular flexibility index (Phi) is 3.56. The number of benzene rings is 1. The Hall–Kier alpha value is -1.35. The van der Waals surface area contributed by atoms with Crippen molar-refractivity contribution in [2.45, 2.75) is 32.1 Å². The fourth-order valence-corrected chi connectivity index (χ4v) is 3.39. The summed E-state index contributed by atoms with van der Waals surface area (Å²) in [5.74, 6) is 0.965. The number of nitrogens with one attached hydrogen (secondary N) is 1. The van der Waals surface area contributed by atoms with Crippen molar-refractivity contribution < 1.29 is 4.79 Å². The first-order valence-corrected chi connectivity index (χ1v) is 7.34. The highest BCUT2D eigenvalue weighted by Gasteiger charge is 2.24. The summed E-state index contributed by atoms with van der Waals surface area (Å²) in [6.45, 7) is 2.27. The van der Waals surface area contributed by atoms with Gasteiger partial charge < -0.3 is 10.2 Å². The van der Waals surface area contributed by atoms with Crippen molar-refractivity contribution >= 4 is 11.6 Å². The number of hydrogen-bond acceptors (Lipinski definition) is 2. The van der Waals surface area contributed by atoms with Crippen LogP contribution in [0.3, 0.4) is 0 Å². The lowest BCUT2D eigenvalue weighted by molar-refractivity contribution is -0.118. The predicted octanol–water partition coefficient (Wildman–Crippen LogP) is 2.14. The molecule has 2 heterocycles. The summed E-state index contributed by atoms with van der Waals surface area (Å²) in [5.41, 5.74) is 3.87. The molecule has 1 fully saturated rings. The number of aryl methyl sites for hydroxylation is 1. The number of piperidine rings is 1. The molecule has 1 aromatic rings. The van der Waals surface area contributed by atoms with Crippen molar-refractivity contribution in [3.8, 4) is 0 Å². The number of carbonyl (C=O) groups is 1. The molecule has 1 atom stereocenters. The molecule has 1 saturated heterocycles. The fraction of sp³-hybridized carbons (Fsp3) is 0.562. The molecule has 0 saturated carbocycles. The van der Waals surface area contributed by atoms with Crippen LogP contribution in [0.5, 0.6) is 0 Å². The average molecular weight is 258 g/mol. The van der Waals surface area contributed by atoms with E-state index in [2.05, 4.69) is 23.5 Å². The van der Waals surface area contributed by atoms with E-state index in [1.807, 2.05) is 11.9 Å².